The minimum atomic E-state index is -0.780. The maximum atomic E-state index is 12.8. The Kier molecular flexibility index (Phi) is 58.2. The molecule has 0 radical (unpaired) electrons. The number of carbonyl (C=O) groups excluding carboxylic acids is 3. The van der Waals surface area contributed by atoms with Crippen LogP contribution in [0.25, 0.3) is 0 Å². The van der Waals surface area contributed by atoms with Gasteiger partial charge in [-0.05, 0) is 70.6 Å². The van der Waals surface area contributed by atoms with Crippen LogP contribution in [0.4, 0.5) is 0 Å². The van der Waals surface area contributed by atoms with E-state index in [9.17, 15) is 14.4 Å². The highest BCUT2D eigenvalue weighted by atomic mass is 16.6. The van der Waals surface area contributed by atoms with Crippen molar-refractivity contribution in [3.8, 4) is 0 Å². The van der Waals surface area contributed by atoms with Gasteiger partial charge in [0.25, 0.3) is 0 Å². The van der Waals surface area contributed by atoms with Crippen LogP contribution in [0.2, 0.25) is 0 Å². The molecule has 0 aliphatic carbocycles. The van der Waals surface area contributed by atoms with Gasteiger partial charge in [0.2, 0.25) is 0 Å². The highest BCUT2D eigenvalue weighted by Crippen LogP contribution is 2.18. The third-order valence-corrected chi connectivity index (χ3v) is 14.1. The van der Waals surface area contributed by atoms with Crippen LogP contribution in [0, 0.1) is 0 Å². The van der Waals surface area contributed by atoms with Crippen LogP contribution in [0.5, 0.6) is 0 Å². The molecule has 0 fully saturated rings. The van der Waals surface area contributed by atoms with Crippen LogP contribution >= 0.6 is 0 Å². The van der Waals surface area contributed by atoms with Crippen LogP contribution in [-0.2, 0) is 28.6 Å². The molecule has 0 aromatic carbocycles. The lowest BCUT2D eigenvalue weighted by Gasteiger charge is -2.18. The smallest absolute Gasteiger partial charge is 0.306 e. The van der Waals surface area contributed by atoms with E-state index in [1.165, 1.54) is 212 Å². The molecule has 1 atom stereocenters. The molecule has 0 aliphatic heterocycles. The fraction of sp³-hybridized carbons (Fsp3) is 0.862. The van der Waals surface area contributed by atoms with Gasteiger partial charge in [-0.3, -0.25) is 14.4 Å². The lowest BCUT2D eigenvalue weighted by atomic mass is 10.0. The van der Waals surface area contributed by atoms with Crippen LogP contribution < -0.4 is 0 Å². The first-order valence-corrected chi connectivity index (χ1v) is 31.5. The Balaban J connectivity index is 4.19. The van der Waals surface area contributed by atoms with Crippen molar-refractivity contribution in [2.24, 2.45) is 0 Å². The van der Waals surface area contributed by atoms with E-state index >= 15 is 0 Å². The second-order valence-corrected chi connectivity index (χ2v) is 21.3. The molecule has 0 bridgehead atoms. The van der Waals surface area contributed by atoms with Crippen molar-refractivity contribution in [2.45, 2.75) is 348 Å². The van der Waals surface area contributed by atoms with E-state index in [1.54, 1.807) is 0 Å². The summed E-state index contributed by atoms with van der Waals surface area (Å²) in [5, 5.41) is 0. The number of esters is 3. The van der Waals surface area contributed by atoms with E-state index < -0.39 is 6.10 Å². The molecule has 71 heavy (non-hydrogen) atoms. The molecular formula is C65H120O6. The van der Waals surface area contributed by atoms with Crippen molar-refractivity contribution in [2.75, 3.05) is 13.2 Å². The minimum Gasteiger partial charge on any atom is -0.462 e. The van der Waals surface area contributed by atoms with Gasteiger partial charge in [-0.2, -0.15) is 0 Å². The van der Waals surface area contributed by atoms with Gasteiger partial charge in [0.05, 0.1) is 0 Å². The molecule has 6 nitrogen and oxygen atoms in total. The molecule has 0 spiro atoms. The molecule has 0 heterocycles. The van der Waals surface area contributed by atoms with Gasteiger partial charge in [0, 0.05) is 19.3 Å². The minimum absolute atomic E-state index is 0.0763. The van der Waals surface area contributed by atoms with Crippen molar-refractivity contribution in [3.63, 3.8) is 0 Å². The Hall–Kier alpha value is -2.37. The summed E-state index contributed by atoms with van der Waals surface area (Å²) in [5.74, 6) is -0.881. The maximum Gasteiger partial charge on any atom is 0.306 e. The standard InChI is InChI=1S/C65H120O6/c1-4-7-10-13-16-19-22-25-27-28-29-30-31-32-33-34-35-36-37-38-41-43-46-49-52-55-58-64(67)70-61-62(60-69-63(66)57-54-51-48-45-42-39-24-21-18-15-12-9-6-3)71-65(68)59-56-53-50-47-44-40-26-23-20-17-14-11-8-5-2/h12,15,21,23-24,26,62H,4-11,13-14,16-20,22,25,27-61H2,1-3H3/b15-12-,24-21-,26-23-. The molecule has 0 rings (SSSR count). The second-order valence-electron chi connectivity index (χ2n) is 21.3. The molecule has 0 aliphatic rings. The van der Waals surface area contributed by atoms with E-state index in [-0.39, 0.29) is 31.1 Å². The third-order valence-electron chi connectivity index (χ3n) is 14.1. The summed E-state index contributed by atoms with van der Waals surface area (Å²) in [5.41, 5.74) is 0. The topological polar surface area (TPSA) is 78.9 Å². The fourth-order valence-corrected chi connectivity index (χ4v) is 9.36. The number of ether oxygens (including phenoxy) is 3. The number of carbonyl (C=O) groups is 3. The first kappa shape index (κ1) is 68.6. The molecule has 6 heteroatoms. The molecule has 0 saturated carbocycles. The van der Waals surface area contributed by atoms with Crippen molar-refractivity contribution in [1.29, 1.82) is 0 Å². The molecule has 0 saturated heterocycles. The summed E-state index contributed by atoms with van der Waals surface area (Å²) in [6.07, 6.45) is 73.1. The Bertz CT molecular complexity index is 1190. The van der Waals surface area contributed by atoms with Gasteiger partial charge < -0.3 is 14.2 Å². The number of hydrogen-bond acceptors (Lipinski definition) is 6. The van der Waals surface area contributed by atoms with Gasteiger partial charge in [-0.25, -0.2) is 0 Å². The Morgan fingerprint density at radius 3 is 0.845 bits per heavy atom. The van der Waals surface area contributed by atoms with Gasteiger partial charge in [-0.15, -0.1) is 0 Å². The lowest BCUT2D eigenvalue weighted by Crippen LogP contribution is -2.30. The molecular weight excluding hydrogens is 877 g/mol. The highest BCUT2D eigenvalue weighted by molar-refractivity contribution is 5.71. The number of unbranched alkanes of at least 4 members (excludes halogenated alkanes) is 41. The van der Waals surface area contributed by atoms with Crippen LogP contribution in [0.15, 0.2) is 36.5 Å². The quantitative estimate of drug-likeness (QED) is 0.0261. The number of rotatable bonds is 58. The van der Waals surface area contributed by atoms with Gasteiger partial charge in [0.1, 0.15) is 13.2 Å². The van der Waals surface area contributed by atoms with Crippen molar-refractivity contribution >= 4 is 17.9 Å². The Morgan fingerprint density at radius 1 is 0.282 bits per heavy atom. The van der Waals surface area contributed by atoms with Crippen LogP contribution in [0.3, 0.4) is 0 Å². The zero-order chi connectivity index (χ0) is 51.4. The van der Waals surface area contributed by atoms with Gasteiger partial charge in [-0.1, -0.05) is 288 Å². The second kappa shape index (κ2) is 60.2. The lowest BCUT2D eigenvalue weighted by molar-refractivity contribution is -0.167. The monoisotopic (exact) mass is 997 g/mol. The molecule has 0 N–H and O–H groups in total. The number of allylic oxidation sites excluding steroid dienone is 6. The van der Waals surface area contributed by atoms with Gasteiger partial charge in [0.15, 0.2) is 6.10 Å². The van der Waals surface area contributed by atoms with Crippen LogP contribution in [-0.4, -0.2) is 37.2 Å². The van der Waals surface area contributed by atoms with Gasteiger partial charge >= 0.3 is 17.9 Å². The average molecular weight is 998 g/mol. The predicted octanol–water partition coefficient (Wildman–Crippen LogP) is 21.2. The molecule has 0 amide bonds. The van der Waals surface area contributed by atoms with E-state index in [0.717, 1.165) is 89.9 Å². The normalized spacial score (nSPS) is 12.2. The SMILES string of the molecule is CCC/C=C\C/C=C\CCCCCCCC(=O)OCC(COC(=O)CCCCCCCCCCCCCCCCCCCCCCCCCCCC)OC(=O)CCCCCCC/C=C\CCCCCCC. The molecule has 0 aromatic rings. The molecule has 0 aromatic heterocycles. The third kappa shape index (κ3) is 58.4. The summed E-state index contributed by atoms with van der Waals surface area (Å²) in [4.78, 5) is 38.2. The van der Waals surface area contributed by atoms with Crippen molar-refractivity contribution < 1.29 is 28.6 Å². The maximum absolute atomic E-state index is 12.8. The zero-order valence-corrected chi connectivity index (χ0v) is 47.8. The first-order valence-electron chi connectivity index (χ1n) is 31.5. The molecule has 1 unspecified atom stereocenters. The Labute approximate surface area is 442 Å². The highest BCUT2D eigenvalue weighted by Gasteiger charge is 2.19. The van der Waals surface area contributed by atoms with Crippen molar-refractivity contribution in [3.05, 3.63) is 36.5 Å². The van der Waals surface area contributed by atoms with E-state index in [2.05, 4.69) is 57.2 Å². The van der Waals surface area contributed by atoms with Crippen molar-refractivity contribution in [1.82, 2.24) is 0 Å². The summed E-state index contributed by atoms with van der Waals surface area (Å²) in [7, 11) is 0. The largest absolute Gasteiger partial charge is 0.462 e. The summed E-state index contributed by atoms with van der Waals surface area (Å²) in [6, 6.07) is 0. The fourth-order valence-electron chi connectivity index (χ4n) is 9.36. The number of hydrogen-bond donors (Lipinski definition) is 0. The average Bonchev–Trinajstić information content (AvgIpc) is 3.37. The summed E-state index contributed by atoms with van der Waals surface area (Å²) < 4.78 is 16.9. The first-order chi connectivity index (χ1) is 35.0. The van der Waals surface area contributed by atoms with Crippen LogP contribution in [0.1, 0.15) is 342 Å². The predicted molar refractivity (Wildman–Crippen MR) is 307 cm³/mol. The molecule has 416 valence electrons. The zero-order valence-electron chi connectivity index (χ0n) is 47.8. The van der Waals surface area contributed by atoms with E-state index in [1.807, 2.05) is 0 Å². The summed E-state index contributed by atoms with van der Waals surface area (Å²) in [6.45, 7) is 6.60. The van der Waals surface area contributed by atoms with E-state index in [4.69, 9.17) is 14.2 Å². The van der Waals surface area contributed by atoms with E-state index in [0.29, 0.717) is 19.3 Å². The summed E-state index contributed by atoms with van der Waals surface area (Å²) >= 11 is 0. The Morgan fingerprint density at radius 2 is 0.535 bits per heavy atom.